The Bertz CT molecular complexity index is 1070. The van der Waals surface area contributed by atoms with Crippen LogP contribution in [-0.2, 0) is 19.6 Å². The van der Waals surface area contributed by atoms with Crippen molar-refractivity contribution in [1.29, 1.82) is 0 Å². The summed E-state index contributed by atoms with van der Waals surface area (Å²) < 4.78 is 25.7. The molecule has 3 heterocycles. The summed E-state index contributed by atoms with van der Waals surface area (Å²) in [5.41, 5.74) is 1.32. The smallest absolute Gasteiger partial charge is 0.254 e. The fraction of sp³-hybridized carbons (Fsp3) is 0.625. The lowest BCUT2D eigenvalue weighted by Crippen LogP contribution is -2.46. The lowest BCUT2D eigenvalue weighted by Gasteiger charge is -2.34. The van der Waals surface area contributed by atoms with E-state index < -0.39 is 33.9 Å². The molecule has 0 spiro atoms. The number of Topliss-reactive ketones (excluding diaryl/α,β-unsaturated/α-hetero) is 1. The van der Waals surface area contributed by atoms with Gasteiger partial charge < -0.3 is 10.2 Å². The maximum Gasteiger partial charge on any atom is 0.254 e. The maximum absolute atomic E-state index is 13.5. The number of benzene rings is 1. The Balaban J connectivity index is 1.58. The summed E-state index contributed by atoms with van der Waals surface area (Å²) >= 11 is 0. The van der Waals surface area contributed by atoms with Crippen molar-refractivity contribution in [3.8, 4) is 0 Å². The molecule has 0 bridgehead atoms. The Hall–Kier alpha value is -2.30. The molecule has 3 fully saturated rings. The predicted octanol–water partition coefficient (Wildman–Crippen LogP) is 0.879. The SMILES string of the molecule is CC(=O)C(c1ccc(C(=O)N2CC[C@H]3[C@H]2[C@@H](C(C)C)C(=O)N3S(C)(=O)=O)cc1)N1CCNCC1. The number of hydrogen-bond donors (Lipinski definition) is 1. The van der Waals surface area contributed by atoms with E-state index in [1.807, 2.05) is 26.0 Å². The van der Waals surface area contributed by atoms with Crippen molar-refractivity contribution in [2.45, 2.75) is 45.3 Å². The molecule has 9 nitrogen and oxygen atoms in total. The van der Waals surface area contributed by atoms with Crippen LogP contribution in [0.1, 0.15) is 49.2 Å². The Morgan fingerprint density at radius 1 is 1.06 bits per heavy atom. The fourth-order valence-corrected chi connectivity index (χ4v) is 7.06. The average molecular weight is 491 g/mol. The van der Waals surface area contributed by atoms with Crippen LogP contribution in [0.3, 0.4) is 0 Å². The Labute approximate surface area is 201 Å². The molecule has 4 atom stereocenters. The minimum atomic E-state index is -3.72. The Morgan fingerprint density at radius 3 is 2.21 bits per heavy atom. The quantitative estimate of drug-likeness (QED) is 0.631. The van der Waals surface area contributed by atoms with E-state index in [9.17, 15) is 22.8 Å². The highest BCUT2D eigenvalue weighted by Gasteiger charge is 2.58. The van der Waals surface area contributed by atoms with Gasteiger partial charge in [0.15, 0.2) is 5.78 Å². The summed E-state index contributed by atoms with van der Waals surface area (Å²) in [6, 6.07) is 5.79. The minimum absolute atomic E-state index is 0.0634. The largest absolute Gasteiger partial charge is 0.333 e. The third-order valence-corrected chi connectivity index (χ3v) is 8.47. The number of amides is 2. The van der Waals surface area contributed by atoms with Gasteiger partial charge in [-0.05, 0) is 37.0 Å². The first kappa shape index (κ1) is 24.8. The van der Waals surface area contributed by atoms with Gasteiger partial charge in [-0.15, -0.1) is 0 Å². The molecule has 1 unspecified atom stereocenters. The van der Waals surface area contributed by atoms with Crippen LogP contribution < -0.4 is 5.32 Å². The second kappa shape index (κ2) is 9.39. The number of fused-ring (bicyclic) bond motifs is 1. The third-order valence-electron chi connectivity index (χ3n) is 7.30. The van der Waals surface area contributed by atoms with Gasteiger partial charge in [-0.3, -0.25) is 19.3 Å². The first-order chi connectivity index (χ1) is 16.0. The summed E-state index contributed by atoms with van der Waals surface area (Å²) in [5.74, 6) is -1.22. The monoisotopic (exact) mass is 490 g/mol. The summed E-state index contributed by atoms with van der Waals surface area (Å²) in [4.78, 5) is 42.8. The van der Waals surface area contributed by atoms with Gasteiger partial charge in [0.25, 0.3) is 5.91 Å². The third kappa shape index (κ3) is 4.38. The summed E-state index contributed by atoms with van der Waals surface area (Å²) in [6.45, 7) is 8.99. The van der Waals surface area contributed by atoms with Gasteiger partial charge in [0.1, 0.15) is 0 Å². The molecule has 34 heavy (non-hydrogen) atoms. The van der Waals surface area contributed by atoms with E-state index in [4.69, 9.17) is 0 Å². The van der Waals surface area contributed by atoms with Gasteiger partial charge in [0, 0.05) is 38.3 Å². The number of nitrogens with one attached hydrogen (secondary N) is 1. The molecule has 4 rings (SSSR count). The second-order valence-corrected chi connectivity index (χ2v) is 11.8. The van der Waals surface area contributed by atoms with Gasteiger partial charge in [-0.1, -0.05) is 26.0 Å². The van der Waals surface area contributed by atoms with E-state index in [-0.39, 0.29) is 23.7 Å². The number of rotatable bonds is 6. The van der Waals surface area contributed by atoms with Crippen molar-refractivity contribution in [3.05, 3.63) is 35.4 Å². The minimum Gasteiger partial charge on any atom is -0.333 e. The Morgan fingerprint density at radius 2 is 1.68 bits per heavy atom. The van der Waals surface area contributed by atoms with Crippen LogP contribution in [0.5, 0.6) is 0 Å². The van der Waals surface area contributed by atoms with Gasteiger partial charge in [0.05, 0.1) is 30.3 Å². The van der Waals surface area contributed by atoms with Gasteiger partial charge >= 0.3 is 0 Å². The van der Waals surface area contributed by atoms with Crippen molar-refractivity contribution < 1.29 is 22.8 Å². The molecule has 1 aromatic rings. The van der Waals surface area contributed by atoms with Crippen molar-refractivity contribution >= 4 is 27.6 Å². The van der Waals surface area contributed by atoms with E-state index in [2.05, 4.69) is 10.2 Å². The molecule has 0 saturated carbocycles. The molecule has 3 saturated heterocycles. The summed E-state index contributed by atoms with van der Waals surface area (Å²) in [5, 5.41) is 3.29. The summed E-state index contributed by atoms with van der Waals surface area (Å²) in [7, 11) is -3.72. The number of hydrogen-bond acceptors (Lipinski definition) is 7. The van der Waals surface area contributed by atoms with Crippen molar-refractivity contribution in [2.75, 3.05) is 39.0 Å². The molecule has 0 aromatic heterocycles. The molecule has 10 heteroatoms. The number of nitrogens with zero attached hydrogens (tertiary/aromatic N) is 3. The molecular weight excluding hydrogens is 456 g/mol. The Kier molecular flexibility index (Phi) is 6.85. The highest BCUT2D eigenvalue weighted by Crippen LogP contribution is 2.41. The van der Waals surface area contributed by atoms with Gasteiger partial charge in [-0.25, -0.2) is 12.7 Å². The number of sulfonamides is 1. The molecule has 0 aliphatic carbocycles. The molecular formula is C24H34N4O5S. The van der Waals surface area contributed by atoms with Crippen molar-refractivity contribution in [2.24, 2.45) is 11.8 Å². The molecule has 3 aliphatic heterocycles. The zero-order valence-corrected chi connectivity index (χ0v) is 21.0. The van der Waals surface area contributed by atoms with E-state index in [1.165, 1.54) is 0 Å². The zero-order chi connectivity index (χ0) is 24.8. The fourth-order valence-electron chi connectivity index (χ4n) is 5.89. The number of carbonyl (C=O) groups excluding carboxylic acids is 3. The molecule has 0 radical (unpaired) electrons. The average Bonchev–Trinajstić information content (AvgIpc) is 3.30. The van der Waals surface area contributed by atoms with E-state index in [1.54, 1.807) is 24.0 Å². The lowest BCUT2D eigenvalue weighted by atomic mass is 9.88. The molecule has 186 valence electrons. The van der Waals surface area contributed by atoms with E-state index in [0.717, 1.165) is 42.3 Å². The zero-order valence-electron chi connectivity index (χ0n) is 20.2. The van der Waals surface area contributed by atoms with Crippen molar-refractivity contribution in [3.63, 3.8) is 0 Å². The first-order valence-corrected chi connectivity index (χ1v) is 13.8. The van der Waals surface area contributed by atoms with E-state index >= 15 is 0 Å². The molecule has 1 aromatic carbocycles. The van der Waals surface area contributed by atoms with Crippen LogP contribution in [0.2, 0.25) is 0 Å². The van der Waals surface area contributed by atoms with Crippen LogP contribution in [0.15, 0.2) is 24.3 Å². The van der Waals surface area contributed by atoms with Crippen LogP contribution in [0, 0.1) is 11.8 Å². The van der Waals surface area contributed by atoms with Crippen molar-refractivity contribution in [1.82, 2.24) is 19.4 Å². The topological polar surface area (TPSA) is 107 Å². The van der Waals surface area contributed by atoms with Crippen LogP contribution in [0.4, 0.5) is 0 Å². The maximum atomic E-state index is 13.5. The first-order valence-electron chi connectivity index (χ1n) is 11.9. The number of likely N-dealkylation sites (tertiary alicyclic amines) is 1. The molecule has 1 N–H and O–H groups in total. The predicted molar refractivity (Wildman–Crippen MR) is 128 cm³/mol. The standard InChI is InChI=1S/C24H34N4O5S/c1-15(2)20-22-19(28(24(20)31)34(4,32)33)9-12-27(22)23(30)18-7-5-17(6-8-18)21(16(3)29)26-13-10-25-11-14-26/h5-8,15,19-22,25H,9-14H2,1-4H3/t19-,20+,21?,22-/m0/s1. The van der Waals surface area contributed by atoms with Gasteiger partial charge in [0.2, 0.25) is 15.9 Å². The number of carbonyl (C=O) groups is 3. The number of ketones is 1. The summed E-state index contributed by atoms with van der Waals surface area (Å²) in [6.07, 6.45) is 1.49. The molecule has 3 aliphatic rings. The van der Waals surface area contributed by atoms with Crippen LogP contribution >= 0.6 is 0 Å². The van der Waals surface area contributed by atoms with Crippen LogP contribution in [-0.4, -0.2) is 91.2 Å². The number of piperazine rings is 1. The van der Waals surface area contributed by atoms with Gasteiger partial charge in [-0.2, -0.15) is 0 Å². The van der Waals surface area contributed by atoms with Crippen LogP contribution in [0.25, 0.3) is 0 Å². The highest BCUT2D eigenvalue weighted by molar-refractivity contribution is 7.88. The normalized spacial score (nSPS) is 26.7. The van der Waals surface area contributed by atoms with E-state index in [0.29, 0.717) is 18.5 Å². The lowest BCUT2D eigenvalue weighted by molar-refractivity contribution is -0.129. The second-order valence-electron chi connectivity index (χ2n) is 9.93. The molecule has 2 amide bonds. The highest BCUT2D eigenvalue weighted by atomic mass is 32.2.